The van der Waals surface area contributed by atoms with Crippen LogP contribution in [-0.4, -0.2) is 104 Å². The lowest BCUT2D eigenvalue weighted by molar-refractivity contribution is -0.160. The number of likely N-dealkylation sites (tertiary alicyclic amines) is 1. The van der Waals surface area contributed by atoms with Crippen LogP contribution in [-0.2, 0) is 25.1 Å². The zero-order valence-electron chi connectivity index (χ0n) is 32.2. The number of alkyl halides is 1. The summed E-state index contributed by atoms with van der Waals surface area (Å²) in [6, 6.07) is -0.728. The molecule has 3 heterocycles. The molecule has 290 valence electrons. The summed E-state index contributed by atoms with van der Waals surface area (Å²) in [6.07, 6.45) is 0.976. The maximum Gasteiger partial charge on any atom is 0.329 e. The van der Waals surface area contributed by atoms with Crippen molar-refractivity contribution in [1.29, 1.82) is 0 Å². The van der Waals surface area contributed by atoms with Gasteiger partial charge in [-0.2, -0.15) is 0 Å². The van der Waals surface area contributed by atoms with Gasteiger partial charge in [-0.05, 0) is 82.5 Å². The number of nitrogens with one attached hydrogen (secondary N) is 2. The van der Waals surface area contributed by atoms with E-state index in [1.54, 1.807) is 0 Å². The monoisotopic (exact) mass is 739 g/mol. The van der Waals surface area contributed by atoms with Gasteiger partial charge in [0.15, 0.2) is 19.9 Å². The maximum absolute atomic E-state index is 13.8. The highest BCUT2D eigenvalue weighted by Crippen LogP contribution is 2.38. The molecule has 16 heteroatoms. The van der Waals surface area contributed by atoms with Crippen LogP contribution < -0.4 is 10.6 Å². The SMILES string of the molecule is CC(N[C@@H]1OC1CC[C@@H](CC(O)NCCN=[N+]=[N-])[C@H](OC(=O)[C@H]1CCCN1C(=O)c1coc(C[C@@H](C)F)n1)C(C)C)C(C)O[Si](C)(C)C(C)(C)C. The van der Waals surface area contributed by atoms with E-state index in [0.717, 1.165) is 0 Å². The highest BCUT2D eigenvalue weighted by molar-refractivity contribution is 6.74. The van der Waals surface area contributed by atoms with Gasteiger partial charge in [0.05, 0.1) is 18.6 Å². The number of oxazole rings is 1. The molecule has 0 bridgehead atoms. The third kappa shape index (κ3) is 12.8. The van der Waals surface area contributed by atoms with Crippen LogP contribution in [0.5, 0.6) is 0 Å². The van der Waals surface area contributed by atoms with Gasteiger partial charge in [0.1, 0.15) is 37.0 Å². The Kier molecular flexibility index (Phi) is 15.9. The van der Waals surface area contributed by atoms with E-state index in [-0.39, 0.29) is 72.3 Å². The molecule has 1 aromatic rings. The smallest absolute Gasteiger partial charge is 0.329 e. The maximum atomic E-state index is 13.8. The number of aromatic nitrogens is 1. The molecule has 51 heavy (non-hydrogen) atoms. The first-order valence-corrected chi connectivity index (χ1v) is 21.4. The Morgan fingerprint density at radius 1 is 1.25 bits per heavy atom. The van der Waals surface area contributed by atoms with Crippen LogP contribution in [0.2, 0.25) is 18.1 Å². The molecule has 2 fully saturated rings. The van der Waals surface area contributed by atoms with Crippen LogP contribution in [0.15, 0.2) is 15.8 Å². The molecule has 2 aliphatic rings. The summed E-state index contributed by atoms with van der Waals surface area (Å²) in [6.45, 7) is 21.5. The summed E-state index contributed by atoms with van der Waals surface area (Å²) in [7, 11) is -1.94. The number of epoxide rings is 1. The van der Waals surface area contributed by atoms with Crippen LogP contribution in [0.3, 0.4) is 0 Å². The lowest BCUT2D eigenvalue weighted by atomic mass is 9.85. The summed E-state index contributed by atoms with van der Waals surface area (Å²) in [5.74, 6) is -1.19. The molecular formula is C35H62FN7O7Si. The number of aliphatic hydroxyl groups is 1. The fourth-order valence-corrected chi connectivity index (χ4v) is 7.76. The van der Waals surface area contributed by atoms with Crippen LogP contribution in [0, 0.1) is 11.8 Å². The third-order valence-corrected chi connectivity index (χ3v) is 15.0. The molecule has 0 spiro atoms. The first kappa shape index (κ1) is 42.8. The van der Waals surface area contributed by atoms with Gasteiger partial charge >= 0.3 is 5.97 Å². The van der Waals surface area contributed by atoms with Crippen molar-refractivity contribution < 1.29 is 37.4 Å². The number of halogens is 1. The Morgan fingerprint density at radius 2 is 1.96 bits per heavy atom. The highest BCUT2D eigenvalue weighted by atomic mass is 28.4. The fraction of sp³-hybridized carbons (Fsp3) is 0.857. The quantitative estimate of drug-likeness (QED) is 0.0201. The van der Waals surface area contributed by atoms with E-state index in [1.807, 2.05) is 13.8 Å². The van der Waals surface area contributed by atoms with Crippen molar-refractivity contribution in [1.82, 2.24) is 20.5 Å². The number of aliphatic hydroxyl groups excluding tert-OH is 1. The van der Waals surface area contributed by atoms with Gasteiger partial charge in [0.2, 0.25) is 0 Å². The summed E-state index contributed by atoms with van der Waals surface area (Å²) in [5.41, 5.74) is 8.63. The van der Waals surface area contributed by atoms with Crippen molar-refractivity contribution in [2.75, 3.05) is 19.6 Å². The number of esters is 1. The first-order valence-electron chi connectivity index (χ1n) is 18.5. The minimum Gasteiger partial charge on any atom is -0.460 e. The second-order valence-electron chi connectivity index (χ2n) is 16.0. The Labute approximate surface area is 303 Å². The zero-order valence-corrected chi connectivity index (χ0v) is 33.2. The molecule has 0 saturated carbocycles. The van der Waals surface area contributed by atoms with Gasteiger partial charge in [-0.1, -0.05) is 39.7 Å². The normalized spacial score (nSPS) is 22.9. The molecule has 2 aliphatic heterocycles. The first-order chi connectivity index (χ1) is 23.8. The van der Waals surface area contributed by atoms with Crippen molar-refractivity contribution in [3.05, 3.63) is 28.3 Å². The molecule has 3 rings (SSSR count). The Balaban J connectivity index is 1.67. The Morgan fingerprint density at radius 3 is 2.59 bits per heavy atom. The Bertz CT molecular complexity index is 1320. The van der Waals surface area contributed by atoms with E-state index in [1.165, 1.54) is 18.1 Å². The van der Waals surface area contributed by atoms with Crippen molar-refractivity contribution in [2.24, 2.45) is 17.0 Å². The second kappa shape index (κ2) is 18.9. The number of hydrogen-bond donors (Lipinski definition) is 3. The molecule has 0 aromatic carbocycles. The summed E-state index contributed by atoms with van der Waals surface area (Å²) in [4.78, 5) is 35.5. The van der Waals surface area contributed by atoms with Gasteiger partial charge in [-0.3, -0.25) is 15.4 Å². The van der Waals surface area contributed by atoms with Gasteiger partial charge in [-0.25, -0.2) is 14.2 Å². The number of hydrogen-bond acceptors (Lipinski definition) is 11. The summed E-state index contributed by atoms with van der Waals surface area (Å²) < 4.78 is 37.6. The molecule has 2 saturated heterocycles. The molecule has 1 aromatic heterocycles. The number of azide groups is 1. The molecular weight excluding hydrogens is 678 g/mol. The molecule has 4 unspecified atom stereocenters. The van der Waals surface area contributed by atoms with Gasteiger partial charge < -0.3 is 28.3 Å². The number of carbonyl (C=O) groups is 2. The van der Waals surface area contributed by atoms with Crippen LogP contribution in [0.25, 0.3) is 10.4 Å². The molecule has 14 nitrogen and oxygen atoms in total. The van der Waals surface area contributed by atoms with E-state index in [9.17, 15) is 19.1 Å². The van der Waals surface area contributed by atoms with E-state index >= 15 is 0 Å². The lowest BCUT2D eigenvalue weighted by Crippen LogP contribution is -2.49. The third-order valence-electron chi connectivity index (χ3n) is 10.4. The van der Waals surface area contributed by atoms with Gasteiger partial charge in [0.25, 0.3) is 5.91 Å². The minimum absolute atomic E-state index is 0.00651. The van der Waals surface area contributed by atoms with Crippen molar-refractivity contribution in [2.45, 2.75) is 161 Å². The van der Waals surface area contributed by atoms with E-state index < -0.39 is 44.7 Å². The average Bonchev–Trinajstić information content (AvgIpc) is 3.36. The van der Waals surface area contributed by atoms with Gasteiger partial charge in [-0.15, -0.1) is 0 Å². The topological polar surface area (TPSA) is 187 Å². The minimum atomic E-state index is -1.94. The van der Waals surface area contributed by atoms with Crippen molar-refractivity contribution in [3.8, 4) is 0 Å². The number of carbonyl (C=O) groups excluding carboxylic acids is 2. The zero-order chi connectivity index (χ0) is 38.1. The van der Waals surface area contributed by atoms with E-state index in [2.05, 4.69) is 73.4 Å². The van der Waals surface area contributed by atoms with Crippen molar-refractivity contribution in [3.63, 3.8) is 0 Å². The number of amides is 1. The molecule has 9 atom stereocenters. The van der Waals surface area contributed by atoms with Crippen LogP contribution in [0.1, 0.15) is 104 Å². The van der Waals surface area contributed by atoms with Gasteiger partial charge in [0, 0.05) is 36.5 Å². The van der Waals surface area contributed by atoms with Crippen LogP contribution in [0.4, 0.5) is 4.39 Å². The van der Waals surface area contributed by atoms with E-state index in [4.69, 9.17) is 23.8 Å². The number of nitrogens with zero attached hydrogens (tertiary/aromatic N) is 5. The number of ether oxygens (including phenoxy) is 2. The molecule has 0 aliphatic carbocycles. The lowest BCUT2D eigenvalue weighted by Gasteiger charge is -2.40. The standard InChI is InChI=1S/C35H62FN7O7Si/c1-21(2)31(49-34(46)27-12-11-17-43(27)33(45)26-20-47-30(41-26)18-22(3)36)25(19-29(44)38-15-16-39-42-37)13-14-28-32(48-28)40-23(4)24(5)50-51(9,10)35(6,7)8/h20-25,27-29,31-32,38,40,44H,11-19H2,1-10H3/t22-,23?,24?,25+,27-,28?,29?,31-,32-/m1/s1. The average molecular weight is 740 g/mol. The molecule has 1 amide bonds. The number of rotatable bonds is 21. The second-order valence-corrected chi connectivity index (χ2v) is 20.8. The van der Waals surface area contributed by atoms with Crippen molar-refractivity contribution >= 4 is 20.2 Å². The predicted octanol–water partition coefficient (Wildman–Crippen LogP) is 5.87. The highest BCUT2D eigenvalue weighted by Gasteiger charge is 2.44. The van der Waals surface area contributed by atoms with E-state index in [0.29, 0.717) is 38.8 Å². The largest absolute Gasteiger partial charge is 0.460 e. The molecule has 0 radical (unpaired) electrons. The Hall–Kier alpha value is -2.59. The fourth-order valence-electron chi connectivity index (χ4n) is 6.27. The van der Waals surface area contributed by atoms with Crippen LogP contribution >= 0.6 is 0 Å². The summed E-state index contributed by atoms with van der Waals surface area (Å²) >= 11 is 0. The summed E-state index contributed by atoms with van der Waals surface area (Å²) in [5, 5.41) is 21.1. The predicted molar refractivity (Wildman–Crippen MR) is 194 cm³/mol. The molecule has 3 N–H and O–H groups in total.